The van der Waals surface area contributed by atoms with Crippen LogP contribution >= 0.6 is 23.2 Å². The highest BCUT2D eigenvalue weighted by atomic mass is 35.5. The number of carbonyl (C=O) groups excluding carboxylic acids is 2. The number of carbonyl (C=O) groups is 2. The van der Waals surface area contributed by atoms with Gasteiger partial charge in [-0.1, -0.05) is 41.4 Å². The first-order valence-electron chi connectivity index (χ1n) is 7.19. The fourth-order valence-electron chi connectivity index (χ4n) is 1.82. The van der Waals surface area contributed by atoms with E-state index < -0.39 is 11.8 Å². The third kappa shape index (κ3) is 5.77. The maximum atomic E-state index is 11.7. The van der Waals surface area contributed by atoms with Crippen molar-refractivity contribution < 1.29 is 14.3 Å². The Hall–Kier alpha value is -2.57. The van der Waals surface area contributed by atoms with Gasteiger partial charge in [-0.3, -0.25) is 9.59 Å². The van der Waals surface area contributed by atoms with Crippen LogP contribution in [0, 0.1) is 0 Å². The Bertz CT molecular complexity index is 792. The van der Waals surface area contributed by atoms with Gasteiger partial charge in [-0.05, 0) is 29.8 Å². The van der Waals surface area contributed by atoms with E-state index in [0.717, 1.165) is 5.56 Å². The quantitative estimate of drug-likeness (QED) is 0.476. The molecule has 0 atom stereocenters. The number of nitrogens with zero attached hydrogens (tertiary/aromatic N) is 1. The van der Waals surface area contributed by atoms with Crippen molar-refractivity contribution in [2.24, 2.45) is 5.10 Å². The summed E-state index contributed by atoms with van der Waals surface area (Å²) >= 11 is 11.8. The molecule has 0 saturated carbocycles. The number of hydrogen-bond acceptors (Lipinski definition) is 4. The molecule has 0 heterocycles. The van der Waals surface area contributed by atoms with Crippen molar-refractivity contribution in [2.75, 3.05) is 7.11 Å². The number of halogens is 2. The Morgan fingerprint density at radius 3 is 2.48 bits per heavy atom. The third-order valence-electron chi connectivity index (χ3n) is 3.15. The van der Waals surface area contributed by atoms with Crippen molar-refractivity contribution in [1.82, 2.24) is 10.7 Å². The van der Waals surface area contributed by atoms with Gasteiger partial charge in [0, 0.05) is 17.1 Å². The van der Waals surface area contributed by atoms with Gasteiger partial charge in [0.2, 0.25) is 0 Å². The molecule has 6 nitrogen and oxygen atoms in total. The predicted molar refractivity (Wildman–Crippen MR) is 97.0 cm³/mol. The monoisotopic (exact) mass is 379 g/mol. The largest absolute Gasteiger partial charge is 0.497 e. The van der Waals surface area contributed by atoms with Crippen molar-refractivity contribution >= 4 is 41.2 Å². The lowest BCUT2D eigenvalue weighted by atomic mass is 10.2. The lowest BCUT2D eigenvalue weighted by molar-refractivity contribution is -0.139. The van der Waals surface area contributed by atoms with Crippen LogP contribution in [0.3, 0.4) is 0 Å². The van der Waals surface area contributed by atoms with E-state index in [1.165, 1.54) is 6.21 Å². The molecule has 0 aliphatic heterocycles. The zero-order valence-electron chi connectivity index (χ0n) is 13.3. The SMILES string of the molecule is COc1ccc(CNC(=O)C(=O)N/N=C/c2ccc(Cl)cc2Cl)cc1. The Kier molecular flexibility index (Phi) is 6.80. The predicted octanol–water partition coefficient (Wildman–Crippen LogP) is 2.77. The molecule has 2 aromatic carbocycles. The standard InChI is InChI=1S/C17H15Cl2N3O3/c1-25-14-6-2-11(3-7-14)9-20-16(23)17(24)22-21-10-12-4-5-13(18)8-15(12)19/h2-8,10H,9H2,1H3,(H,20,23)(H,22,24)/b21-10+. The first-order valence-corrected chi connectivity index (χ1v) is 7.94. The fourth-order valence-corrected chi connectivity index (χ4v) is 2.28. The van der Waals surface area contributed by atoms with E-state index in [1.54, 1.807) is 49.6 Å². The molecule has 0 radical (unpaired) electrons. The summed E-state index contributed by atoms with van der Waals surface area (Å²) in [7, 11) is 1.57. The number of ether oxygens (including phenoxy) is 1. The maximum absolute atomic E-state index is 11.7. The molecule has 2 amide bonds. The van der Waals surface area contributed by atoms with E-state index >= 15 is 0 Å². The van der Waals surface area contributed by atoms with Crippen molar-refractivity contribution in [3.63, 3.8) is 0 Å². The Labute approximate surface area is 154 Å². The van der Waals surface area contributed by atoms with Crippen LogP contribution in [0.4, 0.5) is 0 Å². The molecular weight excluding hydrogens is 365 g/mol. The normalized spacial score (nSPS) is 10.5. The van der Waals surface area contributed by atoms with E-state index in [1.807, 2.05) is 0 Å². The van der Waals surface area contributed by atoms with Crippen LogP contribution in [0.5, 0.6) is 5.75 Å². The number of hydrogen-bond donors (Lipinski definition) is 2. The lowest BCUT2D eigenvalue weighted by Gasteiger charge is -2.05. The second-order valence-corrected chi connectivity index (χ2v) is 5.74. The summed E-state index contributed by atoms with van der Waals surface area (Å²) in [5.41, 5.74) is 3.53. The average molecular weight is 380 g/mol. The zero-order chi connectivity index (χ0) is 18.2. The Morgan fingerprint density at radius 2 is 1.84 bits per heavy atom. The van der Waals surface area contributed by atoms with Gasteiger partial charge in [0.15, 0.2) is 0 Å². The minimum absolute atomic E-state index is 0.211. The fraction of sp³-hybridized carbons (Fsp3) is 0.118. The van der Waals surface area contributed by atoms with Gasteiger partial charge in [-0.2, -0.15) is 5.10 Å². The van der Waals surface area contributed by atoms with Gasteiger partial charge in [-0.25, -0.2) is 5.43 Å². The van der Waals surface area contributed by atoms with Crippen LogP contribution in [0.1, 0.15) is 11.1 Å². The summed E-state index contributed by atoms with van der Waals surface area (Å²) in [5, 5.41) is 7.07. The van der Waals surface area contributed by atoms with Crippen LogP contribution < -0.4 is 15.5 Å². The van der Waals surface area contributed by atoms with Gasteiger partial charge in [-0.15, -0.1) is 0 Å². The van der Waals surface area contributed by atoms with Gasteiger partial charge < -0.3 is 10.1 Å². The average Bonchev–Trinajstić information content (AvgIpc) is 2.61. The molecule has 2 rings (SSSR count). The molecule has 25 heavy (non-hydrogen) atoms. The summed E-state index contributed by atoms with van der Waals surface area (Å²) in [4.78, 5) is 23.4. The number of hydrazone groups is 1. The van der Waals surface area contributed by atoms with Crippen molar-refractivity contribution in [3.05, 3.63) is 63.6 Å². The lowest BCUT2D eigenvalue weighted by Crippen LogP contribution is -2.37. The van der Waals surface area contributed by atoms with E-state index in [2.05, 4.69) is 15.8 Å². The molecule has 0 unspecified atom stereocenters. The summed E-state index contributed by atoms with van der Waals surface area (Å²) in [6.45, 7) is 0.211. The minimum Gasteiger partial charge on any atom is -0.497 e. The summed E-state index contributed by atoms with van der Waals surface area (Å²) in [5.74, 6) is -0.965. The third-order valence-corrected chi connectivity index (χ3v) is 3.71. The highest BCUT2D eigenvalue weighted by Crippen LogP contribution is 2.19. The number of benzene rings is 2. The second-order valence-electron chi connectivity index (χ2n) is 4.90. The highest BCUT2D eigenvalue weighted by molar-refractivity contribution is 6.36. The molecule has 2 N–H and O–H groups in total. The van der Waals surface area contributed by atoms with E-state index in [0.29, 0.717) is 21.4 Å². The Balaban J connectivity index is 1.83. The molecule has 0 spiro atoms. The Morgan fingerprint density at radius 1 is 1.12 bits per heavy atom. The van der Waals surface area contributed by atoms with Gasteiger partial charge >= 0.3 is 11.8 Å². The molecule has 8 heteroatoms. The topological polar surface area (TPSA) is 79.8 Å². The molecule has 0 aliphatic carbocycles. The molecule has 0 bridgehead atoms. The molecule has 0 aromatic heterocycles. The summed E-state index contributed by atoms with van der Waals surface area (Å²) in [6, 6.07) is 11.9. The van der Waals surface area contributed by atoms with Gasteiger partial charge in [0.25, 0.3) is 0 Å². The van der Waals surface area contributed by atoms with E-state index in [-0.39, 0.29) is 6.54 Å². The van der Waals surface area contributed by atoms with Crippen LogP contribution in [0.25, 0.3) is 0 Å². The van der Waals surface area contributed by atoms with Crippen LogP contribution in [0.15, 0.2) is 47.6 Å². The van der Waals surface area contributed by atoms with Crippen LogP contribution in [0.2, 0.25) is 10.0 Å². The van der Waals surface area contributed by atoms with Crippen molar-refractivity contribution in [3.8, 4) is 5.75 Å². The number of methoxy groups -OCH3 is 1. The molecule has 130 valence electrons. The van der Waals surface area contributed by atoms with Gasteiger partial charge in [0.05, 0.1) is 18.3 Å². The molecule has 0 aliphatic rings. The van der Waals surface area contributed by atoms with E-state index in [9.17, 15) is 9.59 Å². The van der Waals surface area contributed by atoms with Gasteiger partial charge in [0.1, 0.15) is 5.75 Å². The number of nitrogens with one attached hydrogen (secondary N) is 2. The summed E-state index contributed by atoms with van der Waals surface area (Å²) in [6.07, 6.45) is 1.33. The van der Waals surface area contributed by atoms with Crippen molar-refractivity contribution in [2.45, 2.75) is 6.54 Å². The maximum Gasteiger partial charge on any atom is 0.329 e. The second kappa shape index (κ2) is 9.05. The van der Waals surface area contributed by atoms with Crippen LogP contribution in [-0.4, -0.2) is 25.1 Å². The summed E-state index contributed by atoms with van der Waals surface area (Å²) < 4.78 is 5.04. The van der Waals surface area contributed by atoms with Crippen LogP contribution in [-0.2, 0) is 16.1 Å². The molecular formula is C17H15Cl2N3O3. The molecule has 2 aromatic rings. The molecule has 0 saturated heterocycles. The zero-order valence-corrected chi connectivity index (χ0v) is 14.8. The minimum atomic E-state index is -0.880. The number of amides is 2. The first kappa shape index (κ1) is 18.8. The first-order chi connectivity index (χ1) is 12.0. The number of rotatable bonds is 5. The van der Waals surface area contributed by atoms with Crippen molar-refractivity contribution in [1.29, 1.82) is 0 Å². The van der Waals surface area contributed by atoms with E-state index in [4.69, 9.17) is 27.9 Å². The smallest absolute Gasteiger partial charge is 0.329 e. The highest BCUT2D eigenvalue weighted by Gasteiger charge is 2.12. The molecule has 0 fully saturated rings.